The third-order valence-electron chi connectivity index (χ3n) is 3.12. The molecule has 0 bridgehead atoms. The van der Waals surface area contributed by atoms with Crippen molar-refractivity contribution in [1.82, 2.24) is 5.43 Å². The van der Waals surface area contributed by atoms with Crippen LogP contribution >= 0.6 is 11.6 Å². The lowest BCUT2D eigenvalue weighted by Gasteiger charge is -2.07. The largest absolute Gasteiger partial charge is 0.484 e. The van der Waals surface area contributed by atoms with Gasteiger partial charge in [0.15, 0.2) is 6.61 Å². The average Bonchev–Trinajstić information content (AvgIpc) is 2.55. The standard InChI is InChI=1S/C17H14ClF3N2O2/c1-11-7-14(5-6-15(11)18)25-10-16(24)23-22-9-12-3-2-4-13(8-12)17(19,20)21/h2-9H,10H2,1H3,(H,23,24)/b22-9-. The van der Waals surface area contributed by atoms with E-state index in [1.807, 2.05) is 0 Å². The van der Waals surface area contributed by atoms with Crippen molar-refractivity contribution in [2.75, 3.05) is 6.61 Å². The molecule has 0 atom stereocenters. The summed E-state index contributed by atoms with van der Waals surface area (Å²) in [4.78, 5) is 11.6. The maximum Gasteiger partial charge on any atom is 0.416 e. The monoisotopic (exact) mass is 370 g/mol. The van der Waals surface area contributed by atoms with Crippen molar-refractivity contribution >= 4 is 23.7 Å². The first-order valence-electron chi connectivity index (χ1n) is 7.14. The normalized spacial score (nSPS) is 11.6. The first-order chi connectivity index (χ1) is 11.8. The van der Waals surface area contributed by atoms with Gasteiger partial charge in [-0.25, -0.2) is 5.43 Å². The van der Waals surface area contributed by atoms with Crippen LogP contribution in [0.15, 0.2) is 47.6 Å². The zero-order valence-corrected chi connectivity index (χ0v) is 13.9. The van der Waals surface area contributed by atoms with Crippen LogP contribution < -0.4 is 10.2 Å². The molecule has 0 aliphatic heterocycles. The molecule has 2 aromatic carbocycles. The van der Waals surface area contributed by atoms with E-state index in [0.717, 1.165) is 23.9 Å². The number of rotatable bonds is 5. The molecule has 0 spiro atoms. The number of alkyl halides is 3. The molecule has 0 unspecified atom stereocenters. The zero-order chi connectivity index (χ0) is 18.4. The van der Waals surface area contributed by atoms with E-state index in [-0.39, 0.29) is 12.2 Å². The fourth-order valence-electron chi connectivity index (χ4n) is 1.86. The van der Waals surface area contributed by atoms with Gasteiger partial charge in [-0.15, -0.1) is 0 Å². The molecule has 1 amide bonds. The van der Waals surface area contributed by atoms with Gasteiger partial charge < -0.3 is 4.74 Å². The number of amides is 1. The number of carbonyl (C=O) groups excluding carboxylic acids is 1. The molecule has 0 aromatic heterocycles. The van der Waals surface area contributed by atoms with Crippen molar-refractivity contribution in [3.05, 3.63) is 64.2 Å². The van der Waals surface area contributed by atoms with E-state index in [4.69, 9.17) is 16.3 Å². The number of hydrogen-bond donors (Lipinski definition) is 1. The van der Waals surface area contributed by atoms with Crippen LogP contribution in [0.1, 0.15) is 16.7 Å². The van der Waals surface area contributed by atoms with Crippen molar-refractivity contribution in [2.24, 2.45) is 5.10 Å². The lowest BCUT2D eigenvalue weighted by molar-refractivity contribution is -0.137. The second-order valence-electron chi connectivity index (χ2n) is 5.12. The van der Waals surface area contributed by atoms with Gasteiger partial charge in [0, 0.05) is 5.02 Å². The molecule has 0 saturated carbocycles. The molecule has 2 rings (SSSR count). The predicted molar refractivity (Wildman–Crippen MR) is 88.9 cm³/mol. The van der Waals surface area contributed by atoms with Gasteiger partial charge in [-0.2, -0.15) is 18.3 Å². The summed E-state index contributed by atoms with van der Waals surface area (Å²) in [5.41, 5.74) is 2.42. The lowest BCUT2D eigenvalue weighted by Crippen LogP contribution is -2.24. The Bertz CT molecular complexity index is 792. The Hall–Kier alpha value is -2.54. The van der Waals surface area contributed by atoms with Crippen LogP contribution in [-0.2, 0) is 11.0 Å². The Kier molecular flexibility index (Phi) is 6.03. The second-order valence-corrected chi connectivity index (χ2v) is 5.52. The number of ether oxygens (including phenoxy) is 1. The number of hydrogen-bond acceptors (Lipinski definition) is 3. The molecule has 0 fully saturated rings. The van der Waals surface area contributed by atoms with Crippen LogP contribution in [0.3, 0.4) is 0 Å². The Labute approximate surface area is 147 Å². The highest BCUT2D eigenvalue weighted by atomic mass is 35.5. The molecule has 0 aliphatic rings. The van der Waals surface area contributed by atoms with Crippen LogP contribution in [0.4, 0.5) is 13.2 Å². The lowest BCUT2D eigenvalue weighted by atomic mass is 10.1. The van der Waals surface area contributed by atoms with Gasteiger partial charge in [0.2, 0.25) is 0 Å². The second kappa shape index (κ2) is 8.02. The number of nitrogens with one attached hydrogen (secondary N) is 1. The average molecular weight is 371 g/mol. The van der Waals surface area contributed by atoms with Gasteiger partial charge in [-0.1, -0.05) is 23.7 Å². The Morgan fingerprint density at radius 1 is 1.28 bits per heavy atom. The number of aryl methyl sites for hydroxylation is 1. The molecule has 0 saturated heterocycles. The van der Waals surface area contributed by atoms with E-state index in [2.05, 4.69) is 10.5 Å². The smallest absolute Gasteiger partial charge is 0.416 e. The van der Waals surface area contributed by atoms with E-state index in [1.165, 1.54) is 12.1 Å². The summed E-state index contributed by atoms with van der Waals surface area (Å²) in [5, 5.41) is 4.20. The van der Waals surface area contributed by atoms with Crippen LogP contribution in [0, 0.1) is 6.92 Å². The highest BCUT2D eigenvalue weighted by Gasteiger charge is 2.30. The molecule has 0 radical (unpaired) electrons. The number of hydrazone groups is 1. The summed E-state index contributed by atoms with van der Waals surface area (Å²) < 4.78 is 43.1. The van der Waals surface area contributed by atoms with Crippen molar-refractivity contribution in [3.8, 4) is 5.75 Å². The summed E-state index contributed by atoms with van der Waals surface area (Å²) in [5.74, 6) is -0.0743. The Morgan fingerprint density at radius 3 is 2.72 bits per heavy atom. The molecule has 1 N–H and O–H groups in total. The number of halogens is 4. The fraction of sp³-hybridized carbons (Fsp3) is 0.176. The molecule has 132 valence electrons. The van der Waals surface area contributed by atoms with E-state index in [9.17, 15) is 18.0 Å². The molecular weight excluding hydrogens is 357 g/mol. The SMILES string of the molecule is Cc1cc(OCC(=O)N/N=C\c2cccc(C(F)(F)F)c2)ccc1Cl. The summed E-state index contributed by atoms with van der Waals surface area (Å²) >= 11 is 5.88. The van der Waals surface area contributed by atoms with Crippen LogP contribution in [-0.4, -0.2) is 18.7 Å². The summed E-state index contributed by atoms with van der Waals surface area (Å²) in [6.07, 6.45) is -3.31. The van der Waals surface area contributed by atoms with Crippen molar-refractivity contribution < 1.29 is 22.7 Å². The summed E-state index contributed by atoms with van der Waals surface area (Å²) in [6, 6.07) is 9.54. The Balaban J connectivity index is 1.87. The topological polar surface area (TPSA) is 50.7 Å². The first-order valence-corrected chi connectivity index (χ1v) is 7.51. The van der Waals surface area contributed by atoms with Crippen molar-refractivity contribution in [1.29, 1.82) is 0 Å². The van der Waals surface area contributed by atoms with Gasteiger partial charge in [0.05, 0.1) is 11.8 Å². The third kappa shape index (κ3) is 5.79. The molecule has 2 aromatic rings. The minimum Gasteiger partial charge on any atom is -0.484 e. The maximum atomic E-state index is 12.6. The van der Waals surface area contributed by atoms with Crippen molar-refractivity contribution in [2.45, 2.75) is 13.1 Å². The highest BCUT2D eigenvalue weighted by molar-refractivity contribution is 6.31. The zero-order valence-electron chi connectivity index (χ0n) is 13.1. The minimum atomic E-state index is -4.43. The van der Waals surface area contributed by atoms with E-state index in [1.54, 1.807) is 25.1 Å². The van der Waals surface area contributed by atoms with Gasteiger partial charge in [0.1, 0.15) is 5.75 Å². The number of carbonyl (C=O) groups is 1. The molecule has 4 nitrogen and oxygen atoms in total. The number of benzene rings is 2. The molecular formula is C17H14ClF3N2O2. The number of nitrogens with zero attached hydrogens (tertiary/aromatic N) is 1. The third-order valence-corrected chi connectivity index (χ3v) is 3.54. The first kappa shape index (κ1) is 18.8. The predicted octanol–water partition coefficient (Wildman–Crippen LogP) is 4.20. The van der Waals surface area contributed by atoms with Gasteiger partial charge in [0.25, 0.3) is 5.91 Å². The molecule has 8 heteroatoms. The van der Waals surface area contributed by atoms with Crippen LogP contribution in [0.5, 0.6) is 5.75 Å². The van der Waals surface area contributed by atoms with Gasteiger partial charge in [-0.3, -0.25) is 4.79 Å². The molecule has 0 heterocycles. The van der Waals surface area contributed by atoms with Crippen LogP contribution in [0.25, 0.3) is 0 Å². The summed E-state index contributed by atoms with van der Waals surface area (Å²) in [6.45, 7) is 1.51. The molecule has 25 heavy (non-hydrogen) atoms. The quantitative estimate of drug-likeness (QED) is 0.633. The van der Waals surface area contributed by atoms with E-state index < -0.39 is 17.6 Å². The van der Waals surface area contributed by atoms with Crippen molar-refractivity contribution in [3.63, 3.8) is 0 Å². The summed E-state index contributed by atoms with van der Waals surface area (Å²) in [7, 11) is 0. The van der Waals surface area contributed by atoms with Crippen LogP contribution in [0.2, 0.25) is 5.02 Å². The highest BCUT2D eigenvalue weighted by Crippen LogP contribution is 2.29. The van der Waals surface area contributed by atoms with E-state index in [0.29, 0.717) is 10.8 Å². The Morgan fingerprint density at radius 2 is 2.04 bits per heavy atom. The van der Waals surface area contributed by atoms with Gasteiger partial charge >= 0.3 is 6.18 Å². The fourth-order valence-corrected chi connectivity index (χ4v) is 1.98. The molecule has 0 aliphatic carbocycles. The maximum absolute atomic E-state index is 12.6. The minimum absolute atomic E-state index is 0.212. The van der Waals surface area contributed by atoms with Gasteiger partial charge in [-0.05, 0) is 48.4 Å². The van der Waals surface area contributed by atoms with E-state index >= 15 is 0 Å².